The molecule has 0 aliphatic carbocycles. The summed E-state index contributed by atoms with van der Waals surface area (Å²) in [6.45, 7) is 7.13. The smallest absolute Gasteiger partial charge is 0.246 e. The van der Waals surface area contributed by atoms with Crippen molar-refractivity contribution >= 4 is 50.9 Å². The molecule has 0 spiro atoms. The van der Waals surface area contributed by atoms with Crippen molar-refractivity contribution in [3.05, 3.63) is 66.0 Å². The third-order valence-electron chi connectivity index (χ3n) is 7.91. The number of rotatable bonds is 5. The predicted octanol–water partition coefficient (Wildman–Crippen LogP) is 4.53. The molecule has 2 fully saturated rings. The van der Waals surface area contributed by atoms with E-state index >= 15 is 4.39 Å². The summed E-state index contributed by atoms with van der Waals surface area (Å²) in [5.74, 6) is 0.398. The van der Waals surface area contributed by atoms with E-state index in [-0.39, 0.29) is 27.8 Å². The zero-order valence-corrected chi connectivity index (χ0v) is 23.2. The number of carbonyl (C=O) groups excluding carboxylic acids is 1. The number of fused-ring (bicyclic) bond motifs is 2. The Balaban J connectivity index is 1.51. The number of hydrogen-bond donors (Lipinski definition) is 1. The van der Waals surface area contributed by atoms with Gasteiger partial charge in [0, 0.05) is 56.3 Å². The molecule has 8 nitrogen and oxygen atoms in total. The molecular formula is C30H30ClFN6O2. The van der Waals surface area contributed by atoms with E-state index in [0.29, 0.717) is 54.9 Å². The van der Waals surface area contributed by atoms with Crippen LogP contribution >= 0.6 is 11.6 Å². The number of amides is 1. The molecule has 2 aliphatic rings. The normalized spacial score (nSPS) is 16.2. The van der Waals surface area contributed by atoms with Gasteiger partial charge < -0.3 is 24.7 Å². The number of aromatic hydroxyl groups is 1. The van der Waals surface area contributed by atoms with Crippen LogP contribution in [0.25, 0.3) is 32.8 Å². The van der Waals surface area contributed by atoms with E-state index in [1.54, 1.807) is 17.0 Å². The average Bonchev–Trinajstić information content (AvgIpc) is 2.91. The first-order valence-corrected chi connectivity index (χ1v) is 13.6. The summed E-state index contributed by atoms with van der Waals surface area (Å²) >= 11 is 6.81. The van der Waals surface area contributed by atoms with Crippen molar-refractivity contribution in [3.8, 4) is 16.9 Å². The first-order valence-electron chi connectivity index (χ1n) is 13.2. The SMILES string of the molecule is C=CC(=O)N1CCN(c2nc(N3CC(N(C)C)C3)nc3c(F)c(-c4cc(O)cc5ccccc45)c(Cl)cc23)CC1. The molecule has 0 atom stereocenters. The first kappa shape index (κ1) is 26.3. The third kappa shape index (κ3) is 4.49. The van der Waals surface area contributed by atoms with Crippen molar-refractivity contribution in [2.75, 3.05) is 63.2 Å². The van der Waals surface area contributed by atoms with E-state index in [1.165, 1.54) is 12.1 Å². The molecular weight excluding hydrogens is 531 g/mol. The zero-order valence-electron chi connectivity index (χ0n) is 22.4. The highest BCUT2D eigenvalue weighted by Crippen LogP contribution is 2.42. The molecule has 0 saturated carbocycles. The summed E-state index contributed by atoms with van der Waals surface area (Å²) in [5, 5.41) is 12.7. The molecule has 2 saturated heterocycles. The molecule has 0 unspecified atom stereocenters. The van der Waals surface area contributed by atoms with Crippen molar-refractivity contribution in [1.29, 1.82) is 0 Å². The van der Waals surface area contributed by atoms with Gasteiger partial charge in [-0.25, -0.2) is 9.37 Å². The van der Waals surface area contributed by atoms with Gasteiger partial charge in [-0.15, -0.1) is 0 Å². The number of aromatic nitrogens is 2. The van der Waals surface area contributed by atoms with Crippen molar-refractivity contribution in [1.82, 2.24) is 19.8 Å². The maximum Gasteiger partial charge on any atom is 0.246 e. The van der Waals surface area contributed by atoms with E-state index in [4.69, 9.17) is 21.6 Å². The Morgan fingerprint density at radius 2 is 1.80 bits per heavy atom. The fourth-order valence-corrected chi connectivity index (χ4v) is 5.81. The number of anilines is 2. The lowest BCUT2D eigenvalue weighted by molar-refractivity contribution is -0.126. The van der Waals surface area contributed by atoms with Crippen LogP contribution in [0.5, 0.6) is 5.75 Å². The van der Waals surface area contributed by atoms with E-state index in [2.05, 4.69) is 16.4 Å². The van der Waals surface area contributed by atoms with Crippen LogP contribution in [0.1, 0.15) is 0 Å². The topological polar surface area (TPSA) is 76.0 Å². The molecule has 1 amide bonds. The lowest BCUT2D eigenvalue weighted by atomic mass is 9.96. The number of benzene rings is 3. The van der Waals surface area contributed by atoms with Crippen molar-refractivity contribution in [3.63, 3.8) is 0 Å². The first-order chi connectivity index (χ1) is 19.2. The van der Waals surface area contributed by atoms with Crippen molar-refractivity contribution in [2.24, 2.45) is 0 Å². The number of nitrogens with zero attached hydrogens (tertiary/aromatic N) is 6. The number of phenols is 1. The molecule has 0 radical (unpaired) electrons. The van der Waals surface area contributed by atoms with Crippen LogP contribution in [0.4, 0.5) is 16.2 Å². The second-order valence-electron chi connectivity index (χ2n) is 10.5. The van der Waals surface area contributed by atoms with E-state index < -0.39 is 5.82 Å². The molecule has 40 heavy (non-hydrogen) atoms. The van der Waals surface area contributed by atoms with Gasteiger partial charge in [0.2, 0.25) is 11.9 Å². The van der Waals surface area contributed by atoms with Gasteiger partial charge in [-0.2, -0.15) is 4.98 Å². The van der Waals surface area contributed by atoms with Crippen LogP contribution < -0.4 is 9.80 Å². The number of phenolic OH excluding ortho intramolecular Hbond substituents is 1. The van der Waals surface area contributed by atoms with Gasteiger partial charge in [0.05, 0.1) is 5.02 Å². The lowest BCUT2D eigenvalue weighted by Crippen LogP contribution is -2.58. The zero-order chi connectivity index (χ0) is 28.1. The maximum atomic E-state index is 16.6. The number of carbonyl (C=O) groups is 1. The van der Waals surface area contributed by atoms with Crippen LogP contribution in [0.15, 0.2) is 55.1 Å². The van der Waals surface area contributed by atoms with Crippen LogP contribution in [0.2, 0.25) is 5.02 Å². The lowest BCUT2D eigenvalue weighted by Gasteiger charge is -2.43. The van der Waals surface area contributed by atoms with Gasteiger partial charge in [-0.3, -0.25) is 4.79 Å². The Labute approximate surface area is 236 Å². The van der Waals surface area contributed by atoms with Crippen LogP contribution in [0, 0.1) is 5.82 Å². The Hall–Kier alpha value is -3.95. The van der Waals surface area contributed by atoms with E-state index in [9.17, 15) is 9.90 Å². The van der Waals surface area contributed by atoms with E-state index in [0.717, 1.165) is 23.9 Å². The molecule has 3 heterocycles. The number of likely N-dealkylation sites (N-methyl/N-ethyl adjacent to an activating group) is 1. The molecule has 6 rings (SSSR count). The molecule has 4 aromatic rings. The quantitative estimate of drug-likeness (QED) is 0.359. The third-order valence-corrected chi connectivity index (χ3v) is 8.21. The largest absolute Gasteiger partial charge is 0.508 e. The van der Waals surface area contributed by atoms with Crippen LogP contribution in [0.3, 0.4) is 0 Å². The second kappa shape index (κ2) is 10.2. The fourth-order valence-electron chi connectivity index (χ4n) is 5.51. The Morgan fingerprint density at radius 1 is 1.07 bits per heavy atom. The average molecular weight is 561 g/mol. The Kier molecular flexibility index (Phi) is 6.72. The molecule has 0 bridgehead atoms. The maximum absolute atomic E-state index is 16.6. The van der Waals surface area contributed by atoms with Crippen molar-refractivity contribution < 1.29 is 14.3 Å². The number of halogens is 2. The highest BCUT2D eigenvalue weighted by Gasteiger charge is 2.33. The van der Waals surface area contributed by atoms with Gasteiger partial charge in [-0.05, 0) is 54.7 Å². The summed E-state index contributed by atoms with van der Waals surface area (Å²) in [5.41, 5.74) is 0.854. The molecule has 2 aliphatic heterocycles. The van der Waals surface area contributed by atoms with Gasteiger partial charge >= 0.3 is 0 Å². The van der Waals surface area contributed by atoms with Crippen LogP contribution in [-0.4, -0.2) is 90.2 Å². The van der Waals surface area contributed by atoms with Gasteiger partial charge in [0.1, 0.15) is 17.1 Å². The molecule has 3 aromatic carbocycles. The highest BCUT2D eigenvalue weighted by atomic mass is 35.5. The number of piperazine rings is 1. The van der Waals surface area contributed by atoms with Gasteiger partial charge in [-0.1, -0.05) is 42.4 Å². The number of hydrogen-bond acceptors (Lipinski definition) is 7. The summed E-state index contributed by atoms with van der Waals surface area (Å²) in [6, 6.07) is 12.7. The van der Waals surface area contributed by atoms with E-state index in [1.807, 2.05) is 43.3 Å². The summed E-state index contributed by atoms with van der Waals surface area (Å²) in [4.78, 5) is 29.8. The minimum absolute atomic E-state index is 0.0237. The monoisotopic (exact) mass is 560 g/mol. The van der Waals surface area contributed by atoms with Crippen LogP contribution in [-0.2, 0) is 4.79 Å². The fraction of sp³-hybridized carbons (Fsp3) is 0.300. The summed E-state index contributed by atoms with van der Waals surface area (Å²) in [7, 11) is 4.07. The standard InChI is InChI=1S/C30H30ClFN6O2/c1-4-25(40)36-9-11-37(12-10-36)29-23-15-24(31)26(22-14-20(39)13-18-7-5-6-8-21(18)22)27(32)28(23)33-30(34-29)38-16-19(17-38)35(2)3/h4-8,13-15,19,39H,1,9-12,16-17H2,2-3H3. The summed E-state index contributed by atoms with van der Waals surface area (Å²) in [6.07, 6.45) is 1.32. The second-order valence-corrected chi connectivity index (χ2v) is 11.0. The highest BCUT2D eigenvalue weighted by molar-refractivity contribution is 6.35. The molecule has 1 N–H and O–H groups in total. The predicted molar refractivity (Wildman–Crippen MR) is 158 cm³/mol. The molecule has 10 heteroatoms. The Bertz CT molecular complexity index is 1650. The Morgan fingerprint density at radius 3 is 2.50 bits per heavy atom. The molecule has 206 valence electrons. The summed E-state index contributed by atoms with van der Waals surface area (Å²) < 4.78 is 16.6. The minimum Gasteiger partial charge on any atom is -0.508 e. The molecule has 1 aromatic heterocycles. The van der Waals surface area contributed by atoms with Gasteiger partial charge in [0.15, 0.2) is 5.82 Å². The van der Waals surface area contributed by atoms with Gasteiger partial charge in [0.25, 0.3) is 0 Å². The minimum atomic E-state index is -0.562. The van der Waals surface area contributed by atoms with Crippen molar-refractivity contribution in [2.45, 2.75) is 6.04 Å².